The van der Waals surface area contributed by atoms with Crippen molar-refractivity contribution < 1.29 is 24.5 Å². The van der Waals surface area contributed by atoms with Gasteiger partial charge in [0.2, 0.25) is 0 Å². The number of phenolic OH excluding ortho intramolecular Hbond substituents is 1. The Bertz CT molecular complexity index is 804. The second-order valence-corrected chi connectivity index (χ2v) is 4.85. The molecule has 0 fully saturated rings. The first-order valence-electron chi connectivity index (χ1n) is 6.59. The van der Waals surface area contributed by atoms with Gasteiger partial charge in [-0.15, -0.1) is 0 Å². The lowest BCUT2D eigenvalue weighted by Crippen LogP contribution is -2.36. The summed E-state index contributed by atoms with van der Waals surface area (Å²) >= 11 is 0. The molecule has 0 amide bonds. The zero-order chi connectivity index (χ0) is 16.7. The maximum atomic E-state index is 14.4. The van der Waals surface area contributed by atoms with Crippen LogP contribution >= 0.6 is 0 Å². The number of benzene rings is 1. The molecule has 9 heteroatoms. The Morgan fingerprint density at radius 3 is 2.74 bits per heavy atom. The molecule has 0 bridgehead atoms. The van der Waals surface area contributed by atoms with Gasteiger partial charge in [0.1, 0.15) is 17.5 Å². The van der Waals surface area contributed by atoms with Crippen molar-refractivity contribution in [3.63, 3.8) is 0 Å². The van der Waals surface area contributed by atoms with Gasteiger partial charge in [0.25, 0.3) is 0 Å². The quantitative estimate of drug-likeness (QED) is 0.658. The molecule has 0 saturated carbocycles. The van der Waals surface area contributed by atoms with Crippen LogP contribution in [0.2, 0.25) is 0 Å². The van der Waals surface area contributed by atoms with E-state index in [1.165, 1.54) is 35.3 Å². The third-order valence-corrected chi connectivity index (χ3v) is 3.58. The Labute approximate surface area is 129 Å². The lowest BCUT2D eigenvalue weighted by molar-refractivity contribution is -0.133. The van der Waals surface area contributed by atoms with Gasteiger partial charge in [-0.25, -0.2) is 19.6 Å². The molecule has 8 nitrogen and oxygen atoms in total. The number of hydrogen-bond acceptors (Lipinski definition) is 6. The van der Waals surface area contributed by atoms with E-state index in [1.807, 2.05) is 0 Å². The Morgan fingerprint density at radius 1 is 1.43 bits per heavy atom. The molecule has 2 heterocycles. The molecule has 1 aliphatic heterocycles. The lowest BCUT2D eigenvalue weighted by Gasteiger charge is -2.31. The summed E-state index contributed by atoms with van der Waals surface area (Å²) < 4.78 is 15.7. The molecule has 0 aliphatic carbocycles. The maximum Gasteiger partial charge on any atom is 0.336 e. The number of aliphatic hydroxyl groups excluding tert-OH is 1. The molecular formula is C14H13FN4O4. The number of hydrogen-bond donors (Lipinski definition) is 4. The highest BCUT2D eigenvalue weighted by molar-refractivity contribution is 5.91. The Morgan fingerprint density at radius 2 is 2.17 bits per heavy atom. The average Bonchev–Trinajstić information content (AvgIpc) is 3.02. The zero-order valence-corrected chi connectivity index (χ0v) is 11.9. The van der Waals surface area contributed by atoms with Gasteiger partial charge in [0.05, 0.1) is 11.9 Å². The second-order valence-electron chi connectivity index (χ2n) is 4.85. The summed E-state index contributed by atoms with van der Waals surface area (Å²) in [5.41, 5.74) is 2.18. The van der Waals surface area contributed by atoms with E-state index in [4.69, 9.17) is 5.11 Å². The molecule has 1 aromatic carbocycles. The Hall–Kier alpha value is -2.91. The van der Waals surface area contributed by atoms with Crippen LogP contribution in [0, 0.1) is 5.82 Å². The molecule has 1 unspecified atom stereocenters. The number of halogens is 1. The van der Waals surface area contributed by atoms with Gasteiger partial charge in [-0.05, 0) is 6.07 Å². The van der Waals surface area contributed by atoms with E-state index in [0.717, 1.165) is 12.3 Å². The predicted octanol–water partition coefficient (Wildman–Crippen LogP) is 0.673. The molecule has 0 radical (unpaired) electrons. The number of carbonyl (C=O) groups is 1. The SMILES string of the molecule is CNN1C=C(C(=O)O)C(O)c2cc(F)c(-n3ccnc3)c(O)c21. The number of aliphatic carboxylic acids is 1. The lowest BCUT2D eigenvalue weighted by atomic mass is 9.95. The first-order valence-corrected chi connectivity index (χ1v) is 6.59. The molecule has 4 N–H and O–H groups in total. The molecule has 2 aromatic rings. The van der Waals surface area contributed by atoms with E-state index >= 15 is 0 Å². The number of carboxylic acids is 1. The van der Waals surface area contributed by atoms with Crippen LogP contribution in [-0.2, 0) is 4.79 Å². The number of nitrogens with one attached hydrogen (secondary N) is 1. The fourth-order valence-corrected chi connectivity index (χ4v) is 2.52. The van der Waals surface area contributed by atoms with E-state index in [2.05, 4.69) is 10.4 Å². The molecular weight excluding hydrogens is 307 g/mol. The number of aromatic nitrogens is 2. The molecule has 1 aromatic heterocycles. The van der Waals surface area contributed by atoms with Crippen molar-refractivity contribution in [1.29, 1.82) is 0 Å². The monoisotopic (exact) mass is 320 g/mol. The molecule has 23 heavy (non-hydrogen) atoms. The van der Waals surface area contributed by atoms with Crippen molar-refractivity contribution in [3.8, 4) is 11.4 Å². The van der Waals surface area contributed by atoms with Crippen LogP contribution in [0.25, 0.3) is 5.69 Å². The number of rotatable bonds is 3. The van der Waals surface area contributed by atoms with Crippen LogP contribution in [0.5, 0.6) is 5.75 Å². The van der Waals surface area contributed by atoms with E-state index < -0.39 is 23.6 Å². The highest BCUT2D eigenvalue weighted by atomic mass is 19.1. The summed E-state index contributed by atoms with van der Waals surface area (Å²) in [6.45, 7) is 0. The van der Waals surface area contributed by atoms with E-state index in [-0.39, 0.29) is 22.5 Å². The van der Waals surface area contributed by atoms with Crippen LogP contribution in [-0.4, -0.2) is 37.9 Å². The molecule has 1 atom stereocenters. The number of anilines is 1. The summed E-state index contributed by atoms with van der Waals surface area (Å²) in [6, 6.07) is 0.995. The summed E-state index contributed by atoms with van der Waals surface area (Å²) in [6.07, 6.45) is 3.75. The third kappa shape index (κ3) is 2.22. The van der Waals surface area contributed by atoms with Gasteiger partial charge in [0, 0.05) is 31.2 Å². The number of aliphatic hydroxyl groups is 1. The van der Waals surface area contributed by atoms with Gasteiger partial charge < -0.3 is 19.9 Å². The normalized spacial score (nSPS) is 16.9. The van der Waals surface area contributed by atoms with Crippen molar-refractivity contribution in [1.82, 2.24) is 15.0 Å². The topological polar surface area (TPSA) is 111 Å². The average molecular weight is 320 g/mol. The number of fused-ring (bicyclic) bond motifs is 1. The fourth-order valence-electron chi connectivity index (χ4n) is 2.52. The van der Waals surface area contributed by atoms with Crippen molar-refractivity contribution in [2.24, 2.45) is 0 Å². The number of aromatic hydroxyl groups is 1. The summed E-state index contributed by atoms with van der Waals surface area (Å²) in [5, 5.41) is 31.0. The van der Waals surface area contributed by atoms with Crippen molar-refractivity contribution in [2.45, 2.75) is 6.10 Å². The van der Waals surface area contributed by atoms with Crippen LogP contribution < -0.4 is 10.4 Å². The maximum absolute atomic E-state index is 14.4. The van der Waals surface area contributed by atoms with E-state index in [9.17, 15) is 19.4 Å². The number of phenols is 1. The molecule has 1 aliphatic rings. The number of carboxylic acid groups (broad SMARTS) is 1. The minimum atomic E-state index is -1.57. The third-order valence-electron chi connectivity index (χ3n) is 3.58. The fraction of sp³-hybridized carbons (Fsp3) is 0.143. The zero-order valence-electron chi connectivity index (χ0n) is 11.9. The summed E-state index contributed by atoms with van der Waals surface area (Å²) in [5.74, 6) is -2.62. The van der Waals surface area contributed by atoms with Gasteiger partial charge in [-0.3, -0.25) is 5.01 Å². The van der Waals surface area contributed by atoms with Crippen molar-refractivity contribution in [3.05, 3.63) is 47.9 Å². The standard InChI is InChI=1S/C14H13FN4O4/c1-16-19-5-8(14(22)23)12(20)7-4-9(15)11(13(21)10(7)19)18-3-2-17-6-18/h2-6,12,16,20-21H,1H3,(H,22,23). The van der Waals surface area contributed by atoms with Crippen molar-refractivity contribution >= 4 is 11.7 Å². The minimum Gasteiger partial charge on any atom is -0.504 e. The van der Waals surface area contributed by atoms with Gasteiger partial charge >= 0.3 is 5.97 Å². The largest absolute Gasteiger partial charge is 0.504 e. The molecule has 120 valence electrons. The first kappa shape index (κ1) is 15.0. The Balaban J connectivity index is 2.26. The number of imidazole rings is 1. The minimum absolute atomic E-state index is 0.0573. The first-order chi connectivity index (χ1) is 11.0. The van der Waals surface area contributed by atoms with Gasteiger partial charge in [-0.1, -0.05) is 0 Å². The van der Waals surface area contributed by atoms with Crippen LogP contribution in [0.3, 0.4) is 0 Å². The number of hydrazine groups is 1. The van der Waals surface area contributed by atoms with E-state index in [1.54, 1.807) is 0 Å². The second kappa shape index (κ2) is 5.38. The molecule has 0 saturated heterocycles. The van der Waals surface area contributed by atoms with E-state index in [0.29, 0.717) is 0 Å². The predicted molar refractivity (Wildman–Crippen MR) is 77.4 cm³/mol. The number of nitrogens with zero attached hydrogens (tertiary/aromatic N) is 3. The van der Waals surface area contributed by atoms with Crippen LogP contribution in [0.15, 0.2) is 36.6 Å². The van der Waals surface area contributed by atoms with Crippen LogP contribution in [0.1, 0.15) is 11.7 Å². The summed E-state index contributed by atoms with van der Waals surface area (Å²) in [7, 11) is 1.50. The van der Waals surface area contributed by atoms with Gasteiger partial charge in [0.15, 0.2) is 11.6 Å². The van der Waals surface area contributed by atoms with Crippen molar-refractivity contribution in [2.75, 3.05) is 12.1 Å². The highest BCUT2D eigenvalue weighted by Gasteiger charge is 2.34. The summed E-state index contributed by atoms with van der Waals surface area (Å²) in [4.78, 5) is 15.0. The molecule has 0 spiro atoms. The smallest absolute Gasteiger partial charge is 0.336 e. The molecule has 3 rings (SSSR count). The highest BCUT2D eigenvalue weighted by Crippen LogP contribution is 2.45. The van der Waals surface area contributed by atoms with Gasteiger partial charge in [-0.2, -0.15) is 0 Å². The van der Waals surface area contributed by atoms with Crippen LogP contribution in [0.4, 0.5) is 10.1 Å². The Kier molecular flexibility index (Phi) is 3.51.